The van der Waals surface area contributed by atoms with Crippen molar-refractivity contribution >= 4 is 11.6 Å². The zero-order chi connectivity index (χ0) is 8.97. The Balaban J connectivity index is 2.47. The fourth-order valence-corrected chi connectivity index (χ4v) is 0.678. The van der Waals surface area contributed by atoms with E-state index >= 15 is 0 Å². The molecule has 0 bridgehead atoms. The Bertz CT molecular complexity index is 245. The van der Waals surface area contributed by atoms with Crippen LogP contribution in [0.5, 0.6) is 0 Å². The number of hydrogen-bond acceptors (Lipinski definition) is 4. The van der Waals surface area contributed by atoms with E-state index in [1.54, 1.807) is 6.92 Å². The van der Waals surface area contributed by atoms with Crippen molar-refractivity contribution in [3.05, 3.63) is 12.5 Å². The number of rotatable bonds is 3. The van der Waals surface area contributed by atoms with Crippen LogP contribution in [0.1, 0.15) is 13.3 Å². The molecule has 0 aliphatic carbocycles. The number of aliphatic hydroxyl groups is 1. The molecule has 0 aromatic carbocycles. The first-order chi connectivity index (χ1) is 5.74. The summed E-state index contributed by atoms with van der Waals surface area (Å²) in [7, 11) is 0. The van der Waals surface area contributed by atoms with E-state index in [1.807, 2.05) is 0 Å². The molecular formula is C7H10N2O3. The van der Waals surface area contributed by atoms with Gasteiger partial charge in [0.05, 0.1) is 6.20 Å². The van der Waals surface area contributed by atoms with Crippen LogP contribution >= 0.6 is 0 Å². The molecule has 0 aliphatic rings. The largest absolute Gasteiger partial charge is 0.383 e. The Kier molecular flexibility index (Phi) is 2.82. The van der Waals surface area contributed by atoms with Gasteiger partial charge in [-0.05, 0) is 6.42 Å². The second kappa shape index (κ2) is 3.87. The van der Waals surface area contributed by atoms with Crippen LogP contribution in [0.25, 0.3) is 0 Å². The SMILES string of the molecule is CCC(O)C(=O)Nc1cnoc1. The Morgan fingerprint density at radius 1 is 1.92 bits per heavy atom. The van der Waals surface area contributed by atoms with Crippen LogP contribution in [0.4, 0.5) is 5.69 Å². The molecule has 2 N–H and O–H groups in total. The molecule has 1 amide bonds. The lowest BCUT2D eigenvalue weighted by Gasteiger charge is -2.05. The molecule has 1 rings (SSSR count). The smallest absolute Gasteiger partial charge is 0.253 e. The lowest BCUT2D eigenvalue weighted by Crippen LogP contribution is -2.26. The molecule has 0 radical (unpaired) electrons. The third kappa shape index (κ3) is 2.06. The third-order valence-corrected chi connectivity index (χ3v) is 1.39. The molecule has 5 nitrogen and oxygen atoms in total. The van der Waals surface area contributed by atoms with E-state index in [0.717, 1.165) is 0 Å². The van der Waals surface area contributed by atoms with Gasteiger partial charge in [-0.1, -0.05) is 12.1 Å². The van der Waals surface area contributed by atoms with Crippen LogP contribution in [0, 0.1) is 0 Å². The van der Waals surface area contributed by atoms with Gasteiger partial charge in [0.25, 0.3) is 5.91 Å². The lowest BCUT2D eigenvalue weighted by molar-refractivity contribution is -0.124. The Hall–Kier alpha value is -1.36. The van der Waals surface area contributed by atoms with Crippen molar-refractivity contribution < 1.29 is 14.4 Å². The summed E-state index contributed by atoms with van der Waals surface area (Å²) >= 11 is 0. The number of nitrogens with zero attached hydrogens (tertiary/aromatic N) is 1. The van der Waals surface area contributed by atoms with E-state index < -0.39 is 12.0 Å². The van der Waals surface area contributed by atoms with Gasteiger partial charge in [0.15, 0.2) is 0 Å². The van der Waals surface area contributed by atoms with Gasteiger partial charge in [-0.25, -0.2) is 0 Å². The molecule has 0 saturated carbocycles. The lowest BCUT2D eigenvalue weighted by atomic mass is 10.2. The van der Waals surface area contributed by atoms with Crippen molar-refractivity contribution in [1.29, 1.82) is 0 Å². The number of hydrogen-bond donors (Lipinski definition) is 2. The highest BCUT2D eigenvalue weighted by Crippen LogP contribution is 2.04. The zero-order valence-corrected chi connectivity index (χ0v) is 6.65. The van der Waals surface area contributed by atoms with Crippen LogP contribution in [-0.2, 0) is 4.79 Å². The van der Waals surface area contributed by atoms with Gasteiger partial charge in [0.2, 0.25) is 0 Å². The molecule has 0 saturated heterocycles. The maximum absolute atomic E-state index is 11.0. The predicted octanol–water partition coefficient (Wildman–Crippen LogP) is 0.384. The molecule has 1 atom stereocenters. The Morgan fingerprint density at radius 3 is 3.17 bits per heavy atom. The van der Waals surface area contributed by atoms with Gasteiger partial charge in [-0.2, -0.15) is 0 Å². The molecule has 0 fully saturated rings. The summed E-state index contributed by atoms with van der Waals surface area (Å²) in [4.78, 5) is 11.0. The van der Waals surface area contributed by atoms with Gasteiger partial charge in [-0.15, -0.1) is 0 Å². The number of carbonyl (C=O) groups excluding carboxylic acids is 1. The van der Waals surface area contributed by atoms with Gasteiger partial charge in [0, 0.05) is 0 Å². The predicted molar refractivity (Wildman–Crippen MR) is 41.4 cm³/mol. The molecule has 5 heteroatoms. The van der Waals surface area contributed by atoms with Gasteiger partial charge >= 0.3 is 0 Å². The first-order valence-electron chi connectivity index (χ1n) is 3.62. The number of nitrogens with one attached hydrogen (secondary N) is 1. The van der Waals surface area contributed by atoms with E-state index in [0.29, 0.717) is 12.1 Å². The average Bonchev–Trinajstić information content (AvgIpc) is 2.55. The number of anilines is 1. The van der Waals surface area contributed by atoms with E-state index in [1.165, 1.54) is 12.5 Å². The molecule has 66 valence electrons. The second-order valence-corrected chi connectivity index (χ2v) is 2.33. The quantitative estimate of drug-likeness (QED) is 0.687. The topological polar surface area (TPSA) is 75.4 Å². The third-order valence-electron chi connectivity index (χ3n) is 1.39. The van der Waals surface area contributed by atoms with Gasteiger partial charge in [0.1, 0.15) is 18.1 Å². The summed E-state index contributed by atoms with van der Waals surface area (Å²) in [6.45, 7) is 1.72. The molecule has 0 aliphatic heterocycles. The van der Waals surface area contributed by atoms with Crippen molar-refractivity contribution in [2.24, 2.45) is 0 Å². The number of amides is 1. The highest BCUT2D eigenvalue weighted by Gasteiger charge is 2.12. The first-order valence-corrected chi connectivity index (χ1v) is 3.62. The average molecular weight is 170 g/mol. The van der Waals surface area contributed by atoms with Crippen molar-refractivity contribution in [3.63, 3.8) is 0 Å². The minimum atomic E-state index is -0.972. The van der Waals surface area contributed by atoms with Gasteiger partial charge < -0.3 is 14.9 Å². The standard InChI is InChI=1S/C7H10N2O3/c1-2-6(10)7(11)9-5-3-8-12-4-5/h3-4,6,10H,2H2,1H3,(H,9,11). The molecule has 0 spiro atoms. The van der Waals surface area contributed by atoms with E-state index in [4.69, 9.17) is 5.11 Å². The highest BCUT2D eigenvalue weighted by atomic mass is 16.5. The fourth-order valence-electron chi connectivity index (χ4n) is 0.678. The van der Waals surface area contributed by atoms with Crippen molar-refractivity contribution in [2.75, 3.05) is 5.32 Å². The summed E-state index contributed by atoms with van der Waals surface area (Å²) in [5.41, 5.74) is 0.451. The zero-order valence-electron chi connectivity index (χ0n) is 6.65. The summed E-state index contributed by atoms with van der Waals surface area (Å²) in [6.07, 6.45) is 2.07. The van der Waals surface area contributed by atoms with Crippen LogP contribution in [-0.4, -0.2) is 22.3 Å². The summed E-state index contributed by atoms with van der Waals surface area (Å²) < 4.78 is 4.48. The number of aromatic nitrogens is 1. The van der Waals surface area contributed by atoms with Crippen LogP contribution in [0.2, 0.25) is 0 Å². The van der Waals surface area contributed by atoms with E-state index in [2.05, 4.69) is 15.0 Å². The van der Waals surface area contributed by atoms with Crippen molar-refractivity contribution in [3.8, 4) is 0 Å². The number of aliphatic hydroxyl groups excluding tert-OH is 1. The fraction of sp³-hybridized carbons (Fsp3) is 0.429. The summed E-state index contributed by atoms with van der Waals surface area (Å²) in [6, 6.07) is 0. The maximum atomic E-state index is 11.0. The molecular weight excluding hydrogens is 160 g/mol. The summed E-state index contributed by atoms with van der Waals surface area (Å²) in [5.74, 6) is -0.444. The van der Waals surface area contributed by atoms with Crippen LogP contribution in [0.15, 0.2) is 17.0 Å². The second-order valence-electron chi connectivity index (χ2n) is 2.33. The van der Waals surface area contributed by atoms with E-state index in [-0.39, 0.29) is 0 Å². The minimum Gasteiger partial charge on any atom is -0.383 e. The number of carbonyl (C=O) groups is 1. The molecule has 1 aromatic heterocycles. The molecule has 1 heterocycles. The normalized spacial score (nSPS) is 12.5. The first kappa shape index (κ1) is 8.73. The molecule has 1 unspecified atom stereocenters. The van der Waals surface area contributed by atoms with Crippen molar-refractivity contribution in [2.45, 2.75) is 19.4 Å². The summed E-state index contributed by atoms with van der Waals surface area (Å²) in [5, 5.41) is 14.9. The Labute approximate surface area is 69.4 Å². The van der Waals surface area contributed by atoms with Crippen LogP contribution < -0.4 is 5.32 Å². The maximum Gasteiger partial charge on any atom is 0.253 e. The molecule has 1 aromatic rings. The van der Waals surface area contributed by atoms with Crippen LogP contribution in [0.3, 0.4) is 0 Å². The van der Waals surface area contributed by atoms with Crippen molar-refractivity contribution in [1.82, 2.24) is 5.16 Å². The highest BCUT2D eigenvalue weighted by molar-refractivity contribution is 5.93. The van der Waals surface area contributed by atoms with Gasteiger partial charge in [-0.3, -0.25) is 4.79 Å². The monoisotopic (exact) mass is 170 g/mol. The van der Waals surface area contributed by atoms with E-state index in [9.17, 15) is 4.79 Å². The minimum absolute atomic E-state index is 0.386. The molecule has 12 heavy (non-hydrogen) atoms. The Morgan fingerprint density at radius 2 is 2.67 bits per heavy atom.